The molecule has 1 saturated heterocycles. The molecular formula is C23H21ClFN7O2. The minimum Gasteiger partial charge on any atom is -0.367 e. The van der Waals surface area contributed by atoms with E-state index in [9.17, 15) is 9.18 Å². The van der Waals surface area contributed by atoms with Crippen LogP contribution in [0.1, 0.15) is 37.5 Å². The van der Waals surface area contributed by atoms with Crippen molar-refractivity contribution in [3.8, 4) is 11.3 Å². The molecule has 174 valence electrons. The van der Waals surface area contributed by atoms with E-state index in [1.165, 1.54) is 12.3 Å². The highest BCUT2D eigenvalue weighted by atomic mass is 35.5. The molecule has 0 amide bonds. The first kappa shape index (κ1) is 21.2. The first-order chi connectivity index (χ1) is 16.5. The summed E-state index contributed by atoms with van der Waals surface area (Å²) in [6.07, 6.45) is 7.24. The maximum Gasteiger partial charge on any atom is 0.290 e. The molecule has 1 N–H and O–H groups in total. The molecule has 2 fully saturated rings. The average molecular weight is 482 g/mol. The van der Waals surface area contributed by atoms with E-state index in [2.05, 4.69) is 20.3 Å². The van der Waals surface area contributed by atoms with Crippen molar-refractivity contribution in [2.24, 2.45) is 0 Å². The molecule has 4 aromatic rings. The van der Waals surface area contributed by atoms with E-state index in [0.29, 0.717) is 30.5 Å². The van der Waals surface area contributed by atoms with Crippen LogP contribution in [-0.2, 0) is 4.74 Å². The number of hydrogen-bond acceptors (Lipinski definition) is 7. The predicted molar refractivity (Wildman–Crippen MR) is 124 cm³/mol. The Labute approximate surface area is 198 Å². The highest BCUT2D eigenvalue weighted by Gasteiger charge is 2.31. The molecule has 1 aliphatic carbocycles. The second-order valence-electron chi connectivity index (χ2n) is 8.78. The number of hydrogen-bond donors (Lipinski definition) is 1. The van der Waals surface area contributed by atoms with Gasteiger partial charge in [-0.3, -0.25) is 9.48 Å². The Hall–Kier alpha value is -3.37. The third-order valence-corrected chi connectivity index (χ3v) is 6.39. The maximum atomic E-state index is 14.9. The van der Waals surface area contributed by atoms with E-state index in [-0.39, 0.29) is 34.0 Å². The van der Waals surface area contributed by atoms with Crippen LogP contribution >= 0.6 is 11.6 Å². The molecule has 11 heteroatoms. The SMILES string of the molecule is C[C@@H]1CN(c2nc(-c3ccc(Cl)cc3F)c3cn[nH]c(=O)c3n2)C[C@@H](c2cnn(C3CC3)c2)O1. The van der Waals surface area contributed by atoms with E-state index in [1.54, 1.807) is 12.1 Å². The number of rotatable bonds is 4. The van der Waals surface area contributed by atoms with Crippen LogP contribution in [0.15, 0.2) is 41.6 Å². The largest absolute Gasteiger partial charge is 0.367 e. The average Bonchev–Trinajstić information content (AvgIpc) is 3.55. The number of aromatic nitrogens is 6. The van der Waals surface area contributed by atoms with Gasteiger partial charge in [0.25, 0.3) is 5.56 Å². The van der Waals surface area contributed by atoms with E-state index in [1.807, 2.05) is 28.9 Å². The van der Waals surface area contributed by atoms with Gasteiger partial charge in [-0.15, -0.1) is 0 Å². The van der Waals surface area contributed by atoms with Gasteiger partial charge in [-0.25, -0.2) is 19.5 Å². The Morgan fingerprint density at radius 2 is 2.06 bits per heavy atom. The number of morpholine rings is 1. The van der Waals surface area contributed by atoms with Crippen LogP contribution in [0.2, 0.25) is 5.02 Å². The van der Waals surface area contributed by atoms with Gasteiger partial charge in [0, 0.05) is 28.9 Å². The van der Waals surface area contributed by atoms with Crippen LogP contribution in [0.25, 0.3) is 22.2 Å². The molecule has 2 aliphatic rings. The molecule has 0 unspecified atom stereocenters. The molecule has 9 nitrogen and oxygen atoms in total. The Morgan fingerprint density at radius 3 is 2.85 bits per heavy atom. The summed E-state index contributed by atoms with van der Waals surface area (Å²) in [4.78, 5) is 23.8. The molecule has 1 aromatic carbocycles. The minimum atomic E-state index is -0.542. The second kappa shape index (κ2) is 8.14. The molecular weight excluding hydrogens is 461 g/mol. The lowest BCUT2D eigenvalue weighted by molar-refractivity contribution is -0.0178. The first-order valence-electron chi connectivity index (χ1n) is 11.1. The van der Waals surface area contributed by atoms with E-state index < -0.39 is 11.4 Å². The second-order valence-corrected chi connectivity index (χ2v) is 9.22. The van der Waals surface area contributed by atoms with Gasteiger partial charge < -0.3 is 9.64 Å². The standard InChI is InChI=1S/C23H21ClFN7O2/c1-12-9-31(11-19(34-12)13-7-27-32(10-13)15-3-4-15)23-28-20(16-5-2-14(24)6-18(16)25)17-8-26-30-22(33)21(17)29-23/h2,5-8,10,12,15,19H,3-4,9,11H2,1H3,(H,30,33)/t12-,19+/m1/s1. The van der Waals surface area contributed by atoms with Gasteiger partial charge in [0.1, 0.15) is 17.4 Å². The number of nitrogens with zero attached hydrogens (tertiary/aromatic N) is 6. The lowest BCUT2D eigenvalue weighted by Crippen LogP contribution is -2.43. The Balaban J connectivity index is 1.43. The van der Waals surface area contributed by atoms with Crippen LogP contribution in [-0.4, -0.2) is 49.1 Å². The number of anilines is 1. The molecule has 0 bridgehead atoms. The predicted octanol–water partition coefficient (Wildman–Crippen LogP) is 3.67. The highest BCUT2D eigenvalue weighted by molar-refractivity contribution is 6.30. The van der Waals surface area contributed by atoms with Crippen LogP contribution in [0.3, 0.4) is 0 Å². The summed E-state index contributed by atoms with van der Waals surface area (Å²) in [6.45, 7) is 2.96. The summed E-state index contributed by atoms with van der Waals surface area (Å²) in [7, 11) is 0. The van der Waals surface area contributed by atoms with Gasteiger partial charge in [0.2, 0.25) is 5.95 Å². The number of ether oxygens (including phenoxy) is 1. The monoisotopic (exact) mass is 481 g/mol. The number of fused-ring (bicyclic) bond motifs is 1. The number of halogens is 2. The minimum absolute atomic E-state index is 0.117. The number of aromatic amines is 1. The Kier molecular flexibility index (Phi) is 5.07. The normalized spacial score (nSPS) is 20.7. The zero-order valence-electron chi connectivity index (χ0n) is 18.3. The van der Waals surface area contributed by atoms with Crippen molar-refractivity contribution in [3.63, 3.8) is 0 Å². The zero-order chi connectivity index (χ0) is 23.4. The van der Waals surface area contributed by atoms with Gasteiger partial charge >= 0.3 is 0 Å². The van der Waals surface area contributed by atoms with Crippen molar-refractivity contribution in [3.05, 3.63) is 63.5 Å². The van der Waals surface area contributed by atoms with Crippen molar-refractivity contribution >= 4 is 28.5 Å². The maximum absolute atomic E-state index is 14.9. The van der Waals surface area contributed by atoms with Crippen molar-refractivity contribution < 1.29 is 9.13 Å². The van der Waals surface area contributed by atoms with Crippen LogP contribution in [0, 0.1) is 5.82 Å². The van der Waals surface area contributed by atoms with Crippen molar-refractivity contribution in [1.82, 2.24) is 29.9 Å². The molecule has 2 atom stereocenters. The lowest BCUT2D eigenvalue weighted by atomic mass is 10.1. The third kappa shape index (κ3) is 3.82. The fourth-order valence-electron chi connectivity index (χ4n) is 4.35. The first-order valence-corrected chi connectivity index (χ1v) is 11.5. The fraction of sp³-hybridized carbons (Fsp3) is 0.348. The molecule has 1 aliphatic heterocycles. The third-order valence-electron chi connectivity index (χ3n) is 6.15. The summed E-state index contributed by atoms with van der Waals surface area (Å²) in [5, 5.41) is 11.4. The summed E-state index contributed by atoms with van der Waals surface area (Å²) in [5.41, 5.74) is 1.15. The van der Waals surface area contributed by atoms with E-state index >= 15 is 0 Å². The van der Waals surface area contributed by atoms with Crippen LogP contribution in [0.4, 0.5) is 10.3 Å². The quantitative estimate of drug-likeness (QED) is 0.474. The van der Waals surface area contributed by atoms with E-state index in [0.717, 1.165) is 18.4 Å². The van der Waals surface area contributed by atoms with Crippen molar-refractivity contribution in [1.29, 1.82) is 0 Å². The number of benzene rings is 1. The number of H-pyrrole nitrogens is 1. The molecule has 3 aromatic heterocycles. The van der Waals surface area contributed by atoms with Crippen molar-refractivity contribution in [2.75, 3.05) is 18.0 Å². The van der Waals surface area contributed by atoms with Gasteiger partial charge in [0.05, 0.1) is 42.2 Å². The Morgan fingerprint density at radius 1 is 1.21 bits per heavy atom. The highest BCUT2D eigenvalue weighted by Crippen LogP contribution is 2.36. The number of nitrogens with one attached hydrogen (secondary N) is 1. The summed E-state index contributed by atoms with van der Waals surface area (Å²) in [5.74, 6) is -0.220. The lowest BCUT2D eigenvalue weighted by Gasteiger charge is -2.36. The molecule has 4 heterocycles. The van der Waals surface area contributed by atoms with Gasteiger partial charge in [-0.2, -0.15) is 10.2 Å². The molecule has 6 rings (SSSR count). The van der Waals surface area contributed by atoms with Crippen molar-refractivity contribution in [2.45, 2.75) is 38.0 Å². The zero-order valence-corrected chi connectivity index (χ0v) is 19.0. The van der Waals surface area contributed by atoms with Gasteiger partial charge in [0.15, 0.2) is 0 Å². The summed E-state index contributed by atoms with van der Waals surface area (Å²) >= 11 is 5.95. The topological polar surface area (TPSA) is 102 Å². The Bertz CT molecular complexity index is 1450. The molecule has 1 saturated carbocycles. The molecule has 34 heavy (non-hydrogen) atoms. The van der Waals surface area contributed by atoms with Crippen LogP contribution < -0.4 is 10.5 Å². The van der Waals surface area contributed by atoms with Crippen LogP contribution in [0.5, 0.6) is 0 Å². The smallest absolute Gasteiger partial charge is 0.290 e. The van der Waals surface area contributed by atoms with E-state index in [4.69, 9.17) is 21.3 Å². The summed E-state index contributed by atoms with van der Waals surface area (Å²) in [6, 6.07) is 4.82. The van der Waals surface area contributed by atoms with Gasteiger partial charge in [-0.05, 0) is 38.0 Å². The van der Waals surface area contributed by atoms with Gasteiger partial charge in [-0.1, -0.05) is 11.6 Å². The fourth-order valence-corrected chi connectivity index (χ4v) is 4.51. The molecule has 0 radical (unpaired) electrons. The summed E-state index contributed by atoms with van der Waals surface area (Å²) < 4.78 is 23.0. The molecule has 0 spiro atoms.